The Balaban J connectivity index is 2.90. The third-order valence-corrected chi connectivity index (χ3v) is 4.48. The third kappa shape index (κ3) is 4.03. The number of benzene rings is 1. The zero-order valence-electron chi connectivity index (χ0n) is 9.50. The number of sulfonamides is 1. The molecule has 0 spiro atoms. The van der Waals surface area contributed by atoms with Crippen LogP contribution in [-0.2, 0) is 10.0 Å². The SMILES string of the molecule is CNCC(C)S(=O)(=O)Nc1ccc(Cl)cc1Cl. The molecule has 1 aromatic carbocycles. The van der Waals surface area contributed by atoms with Gasteiger partial charge in [-0.05, 0) is 32.2 Å². The summed E-state index contributed by atoms with van der Waals surface area (Å²) in [4.78, 5) is 0. The van der Waals surface area contributed by atoms with E-state index in [9.17, 15) is 8.42 Å². The van der Waals surface area contributed by atoms with Gasteiger partial charge in [0.25, 0.3) is 0 Å². The Kier molecular flexibility index (Phi) is 5.06. The molecule has 0 aliphatic carbocycles. The van der Waals surface area contributed by atoms with Crippen molar-refractivity contribution in [3.63, 3.8) is 0 Å². The molecule has 0 saturated heterocycles. The Labute approximate surface area is 111 Å². The molecule has 2 N–H and O–H groups in total. The summed E-state index contributed by atoms with van der Waals surface area (Å²) in [5, 5.41) is 2.99. The van der Waals surface area contributed by atoms with Crippen molar-refractivity contribution < 1.29 is 8.42 Å². The zero-order valence-corrected chi connectivity index (χ0v) is 11.8. The standard InChI is InChI=1S/C10H14Cl2N2O2S/c1-7(6-13-2)17(15,16)14-10-4-3-8(11)5-9(10)12/h3-5,7,13-14H,6H2,1-2H3. The highest BCUT2D eigenvalue weighted by atomic mass is 35.5. The summed E-state index contributed by atoms with van der Waals surface area (Å²) >= 11 is 11.6. The Bertz CT molecular complexity index is 491. The first-order chi connectivity index (χ1) is 7.86. The smallest absolute Gasteiger partial charge is 0.236 e. The molecule has 0 bridgehead atoms. The molecular formula is C10H14Cl2N2O2S. The minimum absolute atomic E-state index is 0.276. The van der Waals surface area contributed by atoms with Crippen LogP contribution in [0, 0.1) is 0 Å². The van der Waals surface area contributed by atoms with Crippen LogP contribution in [0.25, 0.3) is 0 Å². The van der Waals surface area contributed by atoms with E-state index in [4.69, 9.17) is 23.2 Å². The average molecular weight is 297 g/mol. The molecule has 1 aromatic rings. The Morgan fingerprint density at radius 3 is 2.53 bits per heavy atom. The average Bonchev–Trinajstić information content (AvgIpc) is 2.22. The van der Waals surface area contributed by atoms with E-state index in [1.54, 1.807) is 20.0 Å². The maximum atomic E-state index is 11.9. The molecule has 1 unspecified atom stereocenters. The van der Waals surface area contributed by atoms with Crippen molar-refractivity contribution in [3.8, 4) is 0 Å². The molecule has 1 rings (SSSR count). The fourth-order valence-corrected chi connectivity index (χ4v) is 2.81. The van der Waals surface area contributed by atoms with E-state index in [1.807, 2.05) is 0 Å². The van der Waals surface area contributed by atoms with Crippen molar-refractivity contribution in [1.29, 1.82) is 0 Å². The van der Waals surface area contributed by atoms with Crippen LogP contribution in [0.3, 0.4) is 0 Å². The summed E-state index contributed by atoms with van der Waals surface area (Å²) in [6.45, 7) is 1.98. The van der Waals surface area contributed by atoms with Crippen LogP contribution in [0.15, 0.2) is 18.2 Å². The fraction of sp³-hybridized carbons (Fsp3) is 0.400. The first-order valence-electron chi connectivity index (χ1n) is 4.98. The normalized spacial score (nSPS) is 13.4. The lowest BCUT2D eigenvalue weighted by Gasteiger charge is -2.15. The molecule has 0 aliphatic rings. The van der Waals surface area contributed by atoms with Gasteiger partial charge in [0, 0.05) is 11.6 Å². The summed E-state index contributed by atoms with van der Waals surface area (Å²) < 4.78 is 26.2. The molecule has 0 aliphatic heterocycles. The van der Waals surface area contributed by atoms with E-state index >= 15 is 0 Å². The molecular weight excluding hydrogens is 283 g/mol. The van der Waals surface area contributed by atoms with Gasteiger partial charge in [-0.1, -0.05) is 23.2 Å². The monoisotopic (exact) mass is 296 g/mol. The summed E-state index contributed by atoms with van der Waals surface area (Å²) in [5.41, 5.74) is 0.332. The Morgan fingerprint density at radius 1 is 1.35 bits per heavy atom. The van der Waals surface area contributed by atoms with Crippen molar-refractivity contribution in [2.24, 2.45) is 0 Å². The van der Waals surface area contributed by atoms with Crippen molar-refractivity contribution in [2.75, 3.05) is 18.3 Å². The molecule has 17 heavy (non-hydrogen) atoms. The number of rotatable bonds is 5. The van der Waals surface area contributed by atoms with Crippen LogP contribution in [0.5, 0.6) is 0 Å². The second-order valence-electron chi connectivity index (χ2n) is 3.64. The Morgan fingerprint density at radius 2 is 2.00 bits per heavy atom. The van der Waals surface area contributed by atoms with Gasteiger partial charge in [0.2, 0.25) is 10.0 Å². The molecule has 0 aromatic heterocycles. The molecule has 1 atom stereocenters. The second kappa shape index (κ2) is 5.91. The molecule has 0 fully saturated rings. The third-order valence-electron chi connectivity index (χ3n) is 2.20. The quantitative estimate of drug-likeness (QED) is 0.877. The number of hydrogen-bond donors (Lipinski definition) is 2. The first kappa shape index (κ1) is 14.6. The highest BCUT2D eigenvalue weighted by Crippen LogP contribution is 2.26. The topological polar surface area (TPSA) is 58.2 Å². The van der Waals surface area contributed by atoms with Gasteiger partial charge in [0.1, 0.15) is 0 Å². The van der Waals surface area contributed by atoms with Crippen LogP contribution < -0.4 is 10.0 Å². The van der Waals surface area contributed by atoms with E-state index in [0.717, 1.165) is 0 Å². The minimum Gasteiger partial charge on any atom is -0.318 e. The second-order valence-corrected chi connectivity index (χ2v) is 6.58. The van der Waals surface area contributed by atoms with Crippen LogP contribution >= 0.6 is 23.2 Å². The largest absolute Gasteiger partial charge is 0.318 e. The summed E-state index contributed by atoms with van der Waals surface area (Å²) in [6, 6.07) is 4.60. The molecule has 0 radical (unpaired) electrons. The van der Waals surface area contributed by atoms with Crippen LogP contribution in [0.4, 0.5) is 5.69 Å². The van der Waals surface area contributed by atoms with Crippen LogP contribution in [-0.4, -0.2) is 27.3 Å². The minimum atomic E-state index is -3.45. The molecule has 7 heteroatoms. The van der Waals surface area contributed by atoms with E-state index in [-0.39, 0.29) is 5.02 Å². The van der Waals surface area contributed by atoms with Crippen molar-refractivity contribution in [3.05, 3.63) is 28.2 Å². The number of hydrogen-bond acceptors (Lipinski definition) is 3. The van der Waals surface area contributed by atoms with E-state index in [2.05, 4.69) is 10.0 Å². The predicted octanol–water partition coefficient (Wildman–Crippen LogP) is 2.34. The van der Waals surface area contributed by atoms with Crippen molar-refractivity contribution in [2.45, 2.75) is 12.2 Å². The van der Waals surface area contributed by atoms with E-state index < -0.39 is 15.3 Å². The zero-order chi connectivity index (χ0) is 13.1. The molecule has 0 amide bonds. The van der Waals surface area contributed by atoms with Gasteiger partial charge in [-0.2, -0.15) is 0 Å². The highest BCUT2D eigenvalue weighted by Gasteiger charge is 2.20. The molecule has 0 saturated carbocycles. The highest BCUT2D eigenvalue weighted by molar-refractivity contribution is 7.93. The molecule has 96 valence electrons. The fourth-order valence-electron chi connectivity index (χ4n) is 1.22. The number of nitrogens with one attached hydrogen (secondary N) is 2. The van der Waals surface area contributed by atoms with E-state index in [0.29, 0.717) is 17.3 Å². The Hall–Kier alpha value is -0.490. The van der Waals surface area contributed by atoms with Gasteiger partial charge in [-0.3, -0.25) is 4.72 Å². The maximum Gasteiger partial charge on any atom is 0.236 e. The van der Waals surface area contributed by atoms with Gasteiger partial charge in [-0.25, -0.2) is 8.42 Å². The lowest BCUT2D eigenvalue weighted by Crippen LogP contribution is -2.33. The van der Waals surface area contributed by atoms with Crippen LogP contribution in [0.2, 0.25) is 10.0 Å². The van der Waals surface area contributed by atoms with Crippen LogP contribution in [0.1, 0.15) is 6.92 Å². The van der Waals surface area contributed by atoms with Crippen molar-refractivity contribution >= 4 is 38.9 Å². The van der Waals surface area contributed by atoms with Gasteiger partial charge in [-0.15, -0.1) is 0 Å². The summed E-state index contributed by atoms with van der Waals surface area (Å²) in [5.74, 6) is 0. The lowest BCUT2D eigenvalue weighted by atomic mass is 10.3. The summed E-state index contributed by atoms with van der Waals surface area (Å²) in [7, 11) is -1.76. The van der Waals surface area contributed by atoms with Gasteiger partial charge in [0.15, 0.2) is 0 Å². The number of anilines is 1. The molecule has 0 heterocycles. The first-order valence-corrected chi connectivity index (χ1v) is 7.28. The lowest BCUT2D eigenvalue weighted by molar-refractivity contribution is 0.584. The number of halogens is 2. The predicted molar refractivity (Wildman–Crippen MR) is 72.4 cm³/mol. The molecule has 4 nitrogen and oxygen atoms in total. The van der Waals surface area contributed by atoms with Gasteiger partial charge >= 0.3 is 0 Å². The van der Waals surface area contributed by atoms with E-state index in [1.165, 1.54) is 12.1 Å². The van der Waals surface area contributed by atoms with Crippen molar-refractivity contribution in [1.82, 2.24) is 5.32 Å². The van der Waals surface area contributed by atoms with Gasteiger partial charge < -0.3 is 5.32 Å². The van der Waals surface area contributed by atoms with Gasteiger partial charge in [0.05, 0.1) is 16.0 Å². The summed E-state index contributed by atoms with van der Waals surface area (Å²) in [6.07, 6.45) is 0. The maximum absolute atomic E-state index is 11.9.